The maximum absolute atomic E-state index is 14.8. The number of benzene rings is 2. The Hall–Kier alpha value is -2.49. The van der Waals surface area contributed by atoms with Crippen molar-refractivity contribution in [3.05, 3.63) is 57.7 Å². The summed E-state index contributed by atoms with van der Waals surface area (Å²) in [6, 6.07) is 10.7. The number of carbonyl (C=O) groups is 2. The van der Waals surface area contributed by atoms with Crippen LogP contribution in [0.3, 0.4) is 0 Å². The Labute approximate surface area is 210 Å². The van der Waals surface area contributed by atoms with E-state index in [-0.39, 0.29) is 24.8 Å². The fraction of sp³-hybridized carbons (Fsp3) is 0.333. The van der Waals surface area contributed by atoms with E-state index in [2.05, 4.69) is 5.32 Å². The largest absolute Gasteiger partial charge is 0.442 e. The van der Waals surface area contributed by atoms with Crippen molar-refractivity contribution in [2.45, 2.75) is 13.0 Å². The molecule has 2 fully saturated rings. The molecule has 6 nitrogen and oxygen atoms in total. The smallest absolute Gasteiger partial charge is 0.414 e. The van der Waals surface area contributed by atoms with Crippen molar-refractivity contribution in [3.8, 4) is 0 Å². The molecule has 2 aliphatic rings. The number of amides is 2. The quantitative estimate of drug-likeness (QED) is 0.495. The normalized spacial score (nSPS) is 18.4. The molecule has 0 bridgehead atoms. The summed E-state index contributed by atoms with van der Waals surface area (Å²) in [7, 11) is 0. The number of hydrogen-bond acceptors (Lipinski definition) is 6. The van der Waals surface area contributed by atoms with E-state index < -0.39 is 12.2 Å². The third-order valence-electron chi connectivity index (χ3n) is 5.95. The van der Waals surface area contributed by atoms with Crippen LogP contribution in [0.25, 0.3) is 10.1 Å². The van der Waals surface area contributed by atoms with Gasteiger partial charge in [0.05, 0.1) is 29.5 Å². The first-order chi connectivity index (χ1) is 16.4. The highest BCUT2D eigenvalue weighted by atomic mass is 35.5. The molecule has 0 unspecified atom stereocenters. The second-order valence-electron chi connectivity index (χ2n) is 8.31. The molecular formula is C24H23ClFN3O3S2. The summed E-state index contributed by atoms with van der Waals surface area (Å²) in [4.78, 5) is 29.0. The van der Waals surface area contributed by atoms with E-state index in [1.807, 2.05) is 41.8 Å². The second-order valence-corrected chi connectivity index (χ2v) is 11.0. The molecule has 1 aromatic heterocycles. The minimum atomic E-state index is -0.559. The Morgan fingerprint density at radius 3 is 2.79 bits per heavy atom. The van der Waals surface area contributed by atoms with Gasteiger partial charge in [0, 0.05) is 34.7 Å². The SMILES string of the molecule is Cc1ccc2c(Cl)c(C(=O)NC[C@H]3CN(c4ccc(N5CCSCC5)c(F)c4)C(=O)O3)sc2c1. The maximum Gasteiger partial charge on any atom is 0.414 e. The molecular weight excluding hydrogens is 497 g/mol. The molecule has 0 radical (unpaired) electrons. The van der Waals surface area contributed by atoms with Gasteiger partial charge in [0.25, 0.3) is 5.91 Å². The lowest BCUT2D eigenvalue weighted by Crippen LogP contribution is -2.34. The number of nitrogens with one attached hydrogen (secondary N) is 1. The lowest BCUT2D eigenvalue weighted by molar-refractivity contribution is 0.0920. The van der Waals surface area contributed by atoms with Crippen LogP contribution in [0.1, 0.15) is 15.2 Å². The molecule has 3 heterocycles. The summed E-state index contributed by atoms with van der Waals surface area (Å²) < 4.78 is 21.2. The van der Waals surface area contributed by atoms with Crippen LogP contribution in [-0.4, -0.2) is 55.8 Å². The number of cyclic esters (lactones) is 1. The molecule has 10 heteroatoms. The molecule has 1 atom stereocenters. The molecule has 3 aromatic rings. The summed E-state index contributed by atoms with van der Waals surface area (Å²) in [5.41, 5.74) is 2.08. The Kier molecular flexibility index (Phi) is 6.59. The topological polar surface area (TPSA) is 61.9 Å². The summed E-state index contributed by atoms with van der Waals surface area (Å²) >= 11 is 9.62. The predicted molar refractivity (Wildman–Crippen MR) is 137 cm³/mol. The van der Waals surface area contributed by atoms with Crippen molar-refractivity contribution >= 4 is 68.2 Å². The van der Waals surface area contributed by atoms with Crippen molar-refractivity contribution in [2.75, 3.05) is 47.5 Å². The van der Waals surface area contributed by atoms with Gasteiger partial charge in [0.2, 0.25) is 0 Å². The highest BCUT2D eigenvalue weighted by molar-refractivity contribution is 7.99. The summed E-state index contributed by atoms with van der Waals surface area (Å²) in [5, 5.41) is 4.08. The van der Waals surface area contributed by atoms with E-state index in [0.29, 0.717) is 21.3 Å². The molecule has 2 aliphatic heterocycles. The standard InChI is InChI=1S/C24H23ClFN3O3S2/c1-14-2-4-17-20(10-14)34-22(21(17)25)23(30)27-12-16-13-29(24(31)32-16)15-3-5-19(18(26)11-15)28-6-8-33-9-7-28/h2-5,10-11,16H,6-9,12-13H2,1H3,(H,27,30)/t16-/m0/s1. The van der Waals surface area contributed by atoms with Crippen molar-refractivity contribution in [1.82, 2.24) is 5.32 Å². The van der Waals surface area contributed by atoms with Crippen molar-refractivity contribution < 1.29 is 18.7 Å². The Bertz CT molecular complexity index is 1260. The van der Waals surface area contributed by atoms with Crippen molar-refractivity contribution in [2.24, 2.45) is 0 Å². The lowest BCUT2D eigenvalue weighted by Gasteiger charge is -2.29. The highest BCUT2D eigenvalue weighted by Gasteiger charge is 2.33. The number of anilines is 2. The van der Waals surface area contributed by atoms with Gasteiger partial charge in [-0.1, -0.05) is 23.7 Å². The summed E-state index contributed by atoms with van der Waals surface area (Å²) in [5.74, 6) is 1.27. The van der Waals surface area contributed by atoms with Crippen LogP contribution >= 0.6 is 34.7 Å². The van der Waals surface area contributed by atoms with E-state index >= 15 is 0 Å². The fourth-order valence-electron chi connectivity index (χ4n) is 4.17. The van der Waals surface area contributed by atoms with Gasteiger partial charge in [-0.2, -0.15) is 11.8 Å². The first-order valence-electron chi connectivity index (χ1n) is 11.0. The number of aryl methyl sites for hydroxylation is 1. The first kappa shape index (κ1) is 23.3. The molecule has 2 aromatic carbocycles. The number of nitrogens with zero attached hydrogens (tertiary/aromatic N) is 2. The van der Waals surface area contributed by atoms with E-state index in [4.69, 9.17) is 16.3 Å². The van der Waals surface area contributed by atoms with Gasteiger partial charge >= 0.3 is 6.09 Å². The molecule has 0 saturated carbocycles. The summed E-state index contributed by atoms with van der Waals surface area (Å²) in [6.45, 7) is 3.95. The molecule has 178 valence electrons. The number of carbonyl (C=O) groups excluding carboxylic acids is 2. The molecule has 1 N–H and O–H groups in total. The fourth-order valence-corrected chi connectivity index (χ4v) is 6.60. The van der Waals surface area contributed by atoms with Gasteiger partial charge in [-0.25, -0.2) is 9.18 Å². The molecule has 0 spiro atoms. The number of fused-ring (bicyclic) bond motifs is 1. The third kappa shape index (κ3) is 4.56. The number of rotatable bonds is 5. The number of thiophene rings is 1. The number of ether oxygens (including phenoxy) is 1. The van der Waals surface area contributed by atoms with Crippen LogP contribution in [0, 0.1) is 12.7 Å². The zero-order chi connectivity index (χ0) is 23.8. The maximum atomic E-state index is 14.8. The second kappa shape index (κ2) is 9.64. The Balaban J connectivity index is 1.23. The minimum Gasteiger partial charge on any atom is -0.442 e. The van der Waals surface area contributed by atoms with Gasteiger partial charge < -0.3 is 15.0 Å². The lowest BCUT2D eigenvalue weighted by atomic mass is 10.2. The van der Waals surface area contributed by atoms with Crippen LogP contribution in [0.4, 0.5) is 20.6 Å². The molecule has 34 heavy (non-hydrogen) atoms. The van der Waals surface area contributed by atoms with Crippen LogP contribution < -0.4 is 15.1 Å². The zero-order valence-electron chi connectivity index (χ0n) is 18.5. The average molecular weight is 520 g/mol. The van der Waals surface area contributed by atoms with Crippen molar-refractivity contribution in [1.29, 1.82) is 0 Å². The van der Waals surface area contributed by atoms with E-state index in [1.165, 1.54) is 22.3 Å². The van der Waals surface area contributed by atoms with E-state index in [9.17, 15) is 14.0 Å². The molecule has 0 aliphatic carbocycles. The van der Waals surface area contributed by atoms with Crippen LogP contribution in [0.2, 0.25) is 5.02 Å². The van der Waals surface area contributed by atoms with Gasteiger partial charge in [-0.15, -0.1) is 11.3 Å². The number of thioether (sulfide) groups is 1. The minimum absolute atomic E-state index is 0.136. The summed E-state index contributed by atoms with van der Waals surface area (Å²) in [6.07, 6.45) is -1.11. The van der Waals surface area contributed by atoms with E-state index in [0.717, 1.165) is 40.2 Å². The third-order valence-corrected chi connectivity index (χ3v) is 8.55. The Morgan fingerprint density at radius 1 is 1.24 bits per heavy atom. The molecule has 5 rings (SSSR count). The molecule has 2 amide bonds. The molecule has 2 saturated heterocycles. The van der Waals surface area contributed by atoms with Gasteiger partial charge in [-0.3, -0.25) is 9.69 Å². The number of hydrogen-bond donors (Lipinski definition) is 1. The van der Waals surface area contributed by atoms with Crippen LogP contribution in [0.5, 0.6) is 0 Å². The van der Waals surface area contributed by atoms with Gasteiger partial charge in [-0.05, 0) is 36.8 Å². The average Bonchev–Trinajstić information content (AvgIpc) is 3.37. The van der Waals surface area contributed by atoms with E-state index in [1.54, 1.807) is 12.1 Å². The Morgan fingerprint density at radius 2 is 2.03 bits per heavy atom. The highest BCUT2D eigenvalue weighted by Crippen LogP contribution is 2.36. The number of halogens is 2. The first-order valence-corrected chi connectivity index (χ1v) is 13.3. The monoisotopic (exact) mass is 519 g/mol. The van der Waals surface area contributed by atoms with Crippen LogP contribution in [0.15, 0.2) is 36.4 Å². The van der Waals surface area contributed by atoms with Crippen LogP contribution in [-0.2, 0) is 4.74 Å². The van der Waals surface area contributed by atoms with Gasteiger partial charge in [0.1, 0.15) is 16.8 Å². The van der Waals surface area contributed by atoms with Crippen molar-refractivity contribution in [3.63, 3.8) is 0 Å². The van der Waals surface area contributed by atoms with Gasteiger partial charge in [0.15, 0.2) is 0 Å². The zero-order valence-corrected chi connectivity index (χ0v) is 20.9. The predicted octanol–water partition coefficient (Wildman–Crippen LogP) is 5.31.